The zero-order valence-electron chi connectivity index (χ0n) is 67.3. The Morgan fingerprint density at radius 3 is 0.926 bits per heavy atom. The van der Waals surface area contributed by atoms with E-state index < -0.39 is 23.7 Å². The number of aryl methyl sites for hydroxylation is 5. The minimum Gasteiger partial charge on any atom is -0.478 e. The Morgan fingerprint density at radius 2 is 0.680 bits per heavy atom. The van der Waals surface area contributed by atoms with Crippen molar-refractivity contribution < 1.29 is 33.8 Å². The van der Waals surface area contributed by atoms with Gasteiger partial charge in [-0.25, -0.2) is 39.4 Å². The van der Waals surface area contributed by atoms with Crippen molar-refractivity contribution in [3.8, 4) is 52.2 Å². The lowest BCUT2D eigenvalue weighted by Gasteiger charge is -2.03. The first-order chi connectivity index (χ1) is 58.1. The molecule has 628 valence electrons. The van der Waals surface area contributed by atoms with Crippen molar-refractivity contribution in [2.75, 3.05) is 47.6 Å². The fraction of sp³-hybridized carbons (Fsp3) is 0.157. The number of nitrogens with zero attached hydrogens (tertiary/aromatic N) is 6. The van der Waals surface area contributed by atoms with Gasteiger partial charge in [-0.15, -0.1) is 68.0 Å². The minimum absolute atomic E-state index is 0.0691. The molecule has 3 amide bonds. The first-order valence-electron chi connectivity index (χ1n) is 36.7. The fourth-order valence-electron chi connectivity index (χ4n) is 12.2. The number of hydrogen-bond acceptors (Lipinski definition) is 28. The van der Waals surface area contributed by atoms with Gasteiger partial charge in [-0.3, -0.25) is 63.3 Å². The predicted molar refractivity (Wildman–Crippen MR) is 498 cm³/mol. The summed E-state index contributed by atoms with van der Waals surface area (Å²) in [4.78, 5) is 160. The molecule has 0 bridgehead atoms. The quantitative estimate of drug-likeness (QED) is 0.0399. The number of hydrogen-bond donors (Lipinski definition) is 15. The van der Waals surface area contributed by atoms with Gasteiger partial charge in [0.15, 0.2) is 5.69 Å². The number of primary amides is 3. The first-order valence-corrected chi connectivity index (χ1v) is 42.4. The molecule has 32 nitrogen and oxygen atoms in total. The molecule has 0 radical (unpaired) electrons. The van der Waals surface area contributed by atoms with Crippen LogP contribution in [0.25, 0.3) is 108 Å². The molecule has 5 aromatic carbocycles. The maximum absolute atomic E-state index is 12.0. The fourth-order valence-corrected chi connectivity index (χ4v) is 19.7. The normalized spacial score (nSPS) is 10.5. The number of nitrogens with one attached hydrogen (secondary N) is 6. The third kappa shape index (κ3) is 20.5. The van der Waals surface area contributed by atoms with E-state index in [2.05, 4.69) is 75.9 Å². The van der Waals surface area contributed by atoms with Crippen LogP contribution in [0.5, 0.6) is 0 Å². The van der Waals surface area contributed by atoms with Gasteiger partial charge in [0.2, 0.25) is 47.5 Å². The Balaban J connectivity index is 0.000000165. The van der Waals surface area contributed by atoms with E-state index in [0.29, 0.717) is 85.6 Å². The first kappa shape index (κ1) is 92.0. The van der Waals surface area contributed by atoms with Gasteiger partial charge in [-0.1, -0.05) is 94.4 Å². The predicted octanol–water partition coefficient (Wildman–Crippen LogP) is 15.3. The van der Waals surface area contributed by atoms with E-state index in [0.717, 1.165) is 94.4 Å². The lowest BCUT2D eigenvalue weighted by atomic mass is 10.1. The van der Waals surface area contributed by atoms with E-state index in [1.165, 1.54) is 74.1 Å². The maximum atomic E-state index is 12.0. The van der Waals surface area contributed by atoms with Crippen molar-refractivity contribution in [3.05, 3.63) is 249 Å². The van der Waals surface area contributed by atoms with Crippen LogP contribution in [0, 0.1) is 48.1 Å². The maximum Gasteiger partial charge on any atom is 0.341 e. The van der Waals surface area contributed by atoms with Gasteiger partial charge in [0.1, 0.15) is 29.2 Å². The van der Waals surface area contributed by atoms with Gasteiger partial charge in [-0.05, 0) is 180 Å². The van der Waals surface area contributed by atoms with Crippen LogP contribution < -0.4 is 79.0 Å². The van der Waals surface area contributed by atoms with Gasteiger partial charge in [-0.2, -0.15) is 0 Å². The molecule has 0 spiro atoms. The molecule has 11 aromatic heterocycles. The SMILES string of the molecule is CC.CC.CCOC(=O)c1c(NC)sc(Br)c1C.Cc1c(-c2cccc(C(=O)O)c2)sc2nc(N)[nH]c(=O)c12.Cc1c(-c2cccc(C(N)=O)c2)sc2nc(N)[nH]c(=O)c12.Cc1c(-c2cccc(C(N)=O)c2)sc2nc(N)[nH]c(=O)c12.Cc1c(-c2cccc(C(N)=O)c2)sc2nc(N)[nH]c(=O)c12.[C-]#[N+]c1cccc(-c2sc3nc(N)[nH]c(=O)c3c2C)c1. The highest BCUT2D eigenvalue weighted by atomic mass is 79.9. The molecule has 23 N–H and O–H groups in total. The van der Waals surface area contributed by atoms with Crippen molar-refractivity contribution in [2.24, 2.45) is 17.2 Å². The standard InChI is InChI=1S/3C14H12N4O2S.C14H10N4OS.C14H11N3O3S.C9H12BrNO2S.2C2H6/c3*1-6-9-12(20)17-14(16)18-13(9)21-10(6)7-3-2-4-8(5-7)11(15)19;1-7-10-12(19)17-14(15)18-13(10)20-11(7)8-4-3-5-9(6-8)16-2;1-6-9-11(18)16-14(15)17-12(9)21-10(6)7-3-2-4-8(5-7)13(19)20;1-4-13-9(12)6-5(2)7(10)14-8(6)11-3;2*1-2/h3*2-5H,1H3,(H2,15,19)(H3,16,17,18,20);3-6H,1H3,(H3,15,17,18,19);2-5H,1H3,(H,19,20)(H3,15,16,17,18);11H,4H2,1-3H3;2*1-2H3. The molecule has 0 saturated carbocycles. The average Bonchev–Trinajstić information content (AvgIpc) is 1.66. The zero-order valence-corrected chi connectivity index (χ0v) is 73.8. The number of benzene rings is 5. The number of nitrogens with two attached hydrogens (primary N) is 8. The topological polar surface area (TPSA) is 568 Å². The summed E-state index contributed by atoms with van der Waals surface area (Å²) in [6.07, 6.45) is 0. The van der Waals surface area contributed by atoms with Crippen LogP contribution in [-0.2, 0) is 4.74 Å². The number of H-pyrrole nitrogens is 5. The number of anilines is 6. The Bertz CT molecular complexity index is 6490. The number of carbonyl (C=O) groups is 5. The van der Waals surface area contributed by atoms with Gasteiger partial charge >= 0.3 is 11.9 Å². The van der Waals surface area contributed by atoms with Gasteiger partial charge in [0.05, 0.1) is 55.0 Å². The molecule has 0 aliphatic carbocycles. The summed E-state index contributed by atoms with van der Waals surface area (Å²) >= 11 is 11.7. The van der Waals surface area contributed by atoms with E-state index in [-0.39, 0.29) is 69.1 Å². The summed E-state index contributed by atoms with van der Waals surface area (Å²) in [5.41, 5.74) is 54.2. The van der Waals surface area contributed by atoms with E-state index in [4.69, 9.17) is 62.3 Å². The van der Waals surface area contributed by atoms with E-state index >= 15 is 0 Å². The second-order valence-corrected chi connectivity index (χ2v) is 32.8. The zero-order chi connectivity index (χ0) is 89.6. The second-order valence-electron chi connectivity index (χ2n) is 25.5. The number of ether oxygens (including phenoxy) is 1. The molecule has 16 aromatic rings. The summed E-state index contributed by atoms with van der Waals surface area (Å²) in [5.74, 6) is -2.28. The van der Waals surface area contributed by atoms with E-state index in [1.807, 2.05) is 112 Å². The van der Waals surface area contributed by atoms with Crippen LogP contribution in [0.15, 0.2) is 149 Å². The number of aromatic amines is 5. The number of aromatic carboxylic acids is 1. The molecule has 0 atom stereocenters. The third-order valence-corrected chi connectivity index (χ3v) is 26.1. The number of aromatic nitrogens is 10. The van der Waals surface area contributed by atoms with Crippen molar-refractivity contribution in [3.63, 3.8) is 0 Å². The number of halogens is 1. The van der Waals surface area contributed by atoms with Crippen LogP contribution in [0.1, 0.15) is 120 Å². The Morgan fingerprint density at radius 1 is 0.426 bits per heavy atom. The summed E-state index contributed by atoms with van der Waals surface area (Å²) in [6, 6.07) is 34.8. The molecule has 0 aliphatic heterocycles. The van der Waals surface area contributed by atoms with Gasteiger partial charge in [0.25, 0.3) is 27.8 Å². The monoisotopic (exact) mass is 1820 g/mol. The highest BCUT2D eigenvalue weighted by Crippen LogP contribution is 2.42. The van der Waals surface area contributed by atoms with Crippen LogP contribution >= 0.6 is 84.0 Å². The summed E-state index contributed by atoms with van der Waals surface area (Å²) in [5, 5.41) is 15.5. The molecular formula is C83H81BrN20O12S6. The Hall–Kier alpha value is -13.9. The number of esters is 1. The van der Waals surface area contributed by atoms with Crippen LogP contribution in [0.4, 0.5) is 40.4 Å². The molecule has 16 rings (SSSR count). The largest absolute Gasteiger partial charge is 0.478 e. The van der Waals surface area contributed by atoms with E-state index in [1.54, 1.807) is 86.8 Å². The molecule has 39 heteroatoms. The minimum atomic E-state index is -0.990. The second kappa shape index (κ2) is 40.3. The number of amides is 3. The highest BCUT2D eigenvalue weighted by Gasteiger charge is 2.24. The number of carboxylic acids is 1. The lowest BCUT2D eigenvalue weighted by molar-refractivity contribution is 0.0526. The molecular weight excluding hydrogens is 1740 g/mol. The molecule has 0 aliphatic rings. The summed E-state index contributed by atoms with van der Waals surface area (Å²) in [6.45, 7) is 28.4. The number of thiophene rings is 6. The number of carboxylic acid groups (broad SMARTS) is 1. The Kier molecular flexibility index (Phi) is 30.4. The molecule has 122 heavy (non-hydrogen) atoms. The van der Waals surface area contributed by atoms with Crippen LogP contribution in [0.3, 0.4) is 0 Å². The van der Waals surface area contributed by atoms with Crippen LogP contribution in [0.2, 0.25) is 0 Å². The summed E-state index contributed by atoms with van der Waals surface area (Å²) in [7, 11) is 1.79. The molecule has 0 saturated heterocycles. The molecule has 0 unspecified atom stereocenters. The number of nitrogen functional groups attached to an aromatic ring is 5. The Labute approximate surface area is 726 Å². The lowest BCUT2D eigenvalue weighted by Crippen LogP contribution is -2.10. The van der Waals surface area contributed by atoms with Crippen molar-refractivity contribution in [2.45, 2.75) is 76.2 Å². The highest BCUT2D eigenvalue weighted by molar-refractivity contribution is 9.11. The van der Waals surface area contributed by atoms with Crippen molar-refractivity contribution in [1.82, 2.24) is 49.8 Å². The molecule has 11 heterocycles. The van der Waals surface area contributed by atoms with E-state index in [9.17, 15) is 47.9 Å². The van der Waals surface area contributed by atoms with Gasteiger partial charge < -0.3 is 61.0 Å². The number of rotatable bonds is 12. The van der Waals surface area contributed by atoms with Gasteiger partial charge in [0, 0.05) is 48.1 Å². The number of carbonyl (C=O) groups excluding carboxylic acids is 4. The summed E-state index contributed by atoms with van der Waals surface area (Å²) < 4.78 is 5.93. The van der Waals surface area contributed by atoms with Crippen molar-refractivity contribution in [1.29, 1.82) is 0 Å². The molecule has 0 fully saturated rings. The van der Waals surface area contributed by atoms with Crippen LogP contribution in [-0.4, -0.2) is 98.3 Å². The average molecular weight is 1820 g/mol. The smallest absolute Gasteiger partial charge is 0.341 e. The van der Waals surface area contributed by atoms with Crippen molar-refractivity contribution >= 4 is 205 Å². The number of fused-ring (bicyclic) bond motifs is 5. The third-order valence-electron chi connectivity index (χ3n) is 17.7.